The molecule has 1 heterocycles. The molecule has 1 aliphatic rings. The van der Waals surface area contributed by atoms with Crippen LogP contribution in [0.15, 0.2) is 30.5 Å². The maximum absolute atomic E-state index is 3.76. The molecule has 1 fully saturated rings. The zero-order chi connectivity index (χ0) is 13.1. The minimum atomic E-state index is 0.701. The molecular weight excluding hydrogens is 252 g/mol. The molecule has 2 unspecified atom stereocenters. The molecule has 2 N–H and O–H groups in total. The van der Waals surface area contributed by atoms with Crippen LogP contribution in [0.25, 0.3) is 10.9 Å². The Morgan fingerprint density at radius 2 is 2.26 bits per heavy atom. The van der Waals surface area contributed by atoms with Crippen LogP contribution in [-0.2, 0) is 6.54 Å². The van der Waals surface area contributed by atoms with Crippen LogP contribution in [0.3, 0.4) is 0 Å². The topological polar surface area (TPSA) is 27.8 Å². The fraction of sp³-hybridized carbons (Fsp3) is 0.500. The van der Waals surface area contributed by atoms with Gasteiger partial charge in [-0.05, 0) is 47.7 Å². The largest absolute Gasteiger partial charge is 0.361 e. The highest BCUT2D eigenvalue weighted by Gasteiger charge is 2.26. The molecule has 3 rings (SSSR count). The van der Waals surface area contributed by atoms with Gasteiger partial charge in [0.05, 0.1) is 0 Å². The van der Waals surface area contributed by atoms with E-state index in [2.05, 4.69) is 53.3 Å². The number of fused-ring (bicyclic) bond motifs is 1. The van der Waals surface area contributed by atoms with Crippen LogP contribution in [-0.4, -0.2) is 22.0 Å². The number of thioether (sulfide) groups is 1. The summed E-state index contributed by atoms with van der Waals surface area (Å²) in [5.74, 6) is 1.23. The third-order valence-electron chi connectivity index (χ3n) is 4.02. The molecule has 0 spiro atoms. The van der Waals surface area contributed by atoms with Crippen molar-refractivity contribution in [3.8, 4) is 0 Å². The molecule has 0 saturated heterocycles. The predicted octanol–water partition coefficient (Wildman–Crippen LogP) is 3.93. The van der Waals surface area contributed by atoms with Crippen molar-refractivity contribution in [2.45, 2.75) is 44.0 Å². The maximum Gasteiger partial charge on any atom is 0.0454 e. The third kappa shape index (κ3) is 2.98. The highest BCUT2D eigenvalue weighted by molar-refractivity contribution is 7.99. The second-order valence-electron chi connectivity index (χ2n) is 5.31. The van der Waals surface area contributed by atoms with Gasteiger partial charge >= 0.3 is 0 Å². The SMILES string of the molecule is CCSC1CCCC1NCc1ccc2[nH]ccc2c1. The average Bonchev–Trinajstić information content (AvgIpc) is 3.05. The van der Waals surface area contributed by atoms with Gasteiger partial charge in [-0.1, -0.05) is 19.4 Å². The number of aromatic amines is 1. The fourth-order valence-electron chi connectivity index (χ4n) is 3.03. The Kier molecular flexibility index (Phi) is 4.14. The summed E-state index contributed by atoms with van der Waals surface area (Å²) in [7, 11) is 0. The molecule has 3 heteroatoms. The molecule has 102 valence electrons. The monoisotopic (exact) mass is 274 g/mol. The van der Waals surface area contributed by atoms with Gasteiger partial charge in [-0.25, -0.2) is 0 Å². The molecule has 0 bridgehead atoms. The number of hydrogen-bond donors (Lipinski definition) is 2. The molecule has 19 heavy (non-hydrogen) atoms. The van der Waals surface area contributed by atoms with E-state index in [0.29, 0.717) is 6.04 Å². The second kappa shape index (κ2) is 6.02. The Bertz CT molecular complexity index is 534. The van der Waals surface area contributed by atoms with E-state index in [1.54, 1.807) is 0 Å². The van der Waals surface area contributed by atoms with Crippen molar-refractivity contribution < 1.29 is 0 Å². The van der Waals surface area contributed by atoms with Crippen molar-refractivity contribution in [3.05, 3.63) is 36.0 Å². The van der Waals surface area contributed by atoms with E-state index in [9.17, 15) is 0 Å². The minimum Gasteiger partial charge on any atom is -0.361 e. The third-order valence-corrected chi connectivity index (χ3v) is 5.35. The first kappa shape index (κ1) is 13.1. The summed E-state index contributed by atoms with van der Waals surface area (Å²) in [5.41, 5.74) is 2.61. The van der Waals surface area contributed by atoms with Crippen LogP contribution in [0.2, 0.25) is 0 Å². The van der Waals surface area contributed by atoms with E-state index in [0.717, 1.165) is 11.8 Å². The molecule has 0 radical (unpaired) electrons. The number of aromatic nitrogens is 1. The molecule has 1 aliphatic carbocycles. The number of rotatable bonds is 5. The van der Waals surface area contributed by atoms with Gasteiger partial charge in [0.15, 0.2) is 0 Å². The highest BCUT2D eigenvalue weighted by Crippen LogP contribution is 2.30. The normalized spacial score (nSPS) is 23.2. The Labute approximate surface area is 119 Å². The lowest BCUT2D eigenvalue weighted by Gasteiger charge is -2.20. The zero-order valence-corrected chi connectivity index (χ0v) is 12.3. The van der Waals surface area contributed by atoms with Crippen molar-refractivity contribution in [1.82, 2.24) is 10.3 Å². The number of H-pyrrole nitrogens is 1. The van der Waals surface area contributed by atoms with Crippen molar-refractivity contribution in [2.24, 2.45) is 0 Å². The highest BCUT2D eigenvalue weighted by atomic mass is 32.2. The van der Waals surface area contributed by atoms with Crippen LogP contribution in [0.1, 0.15) is 31.7 Å². The molecule has 1 aromatic heterocycles. The van der Waals surface area contributed by atoms with Gasteiger partial charge in [-0.15, -0.1) is 0 Å². The van der Waals surface area contributed by atoms with Gasteiger partial charge in [-0.3, -0.25) is 0 Å². The van der Waals surface area contributed by atoms with E-state index >= 15 is 0 Å². The molecule has 1 saturated carbocycles. The molecule has 2 aromatic rings. The Morgan fingerprint density at radius 1 is 1.32 bits per heavy atom. The summed E-state index contributed by atoms with van der Waals surface area (Å²) >= 11 is 2.12. The predicted molar refractivity (Wildman–Crippen MR) is 84.7 cm³/mol. The quantitative estimate of drug-likeness (QED) is 0.864. The van der Waals surface area contributed by atoms with E-state index in [1.807, 2.05) is 6.20 Å². The van der Waals surface area contributed by atoms with Crippen LogP contribution < -0.4 is 5.32 Å². The molecule has 0 aliphatic heterocycles. The first-order valence-electron chi connectivity index (χ1n) is 7.28. The average molecular weight is 274 g/mol. The van der Waals surface area contributed by atoms with Crippen molar-refractivity contribution >= 4 is 22.7 Å². The Hall–Kier alpha value is -0.930. The lowest BCUT2D eigenvalue weighted by atomic mass is 10.1. The van der Waals surface area contributed by atoms with Crippen molar-refractivity contribution in [2.75, 3.05) is 5.75 Å². The molecule has 2 nitrogen and oxygen atoms in total. The minimum absolute atomic E-state index is 0.701. The van der Waals surface area contributed by atoms with Crippen LogP contribution in [0, 0.1) is 0 Å². The fourth-order valence-corrected chi connectivity index (χ4v) is 4.26. The Balaban J connectivity index is 1.61. The summed E-state index contributed by atoms with van der Waals surface area (Å²) in [6.07, 6.45) is 6.11. The second-order valence-corrected chi connectivity index (χ2v) is 6.83. The summed E-state index contributed by atoms with van der Waals surface area (Å²) in [6, 6.07) is 9.54. The smallest absolute Gasteiger partial charge is 0.0454 e. The standard InChI is InChI=1S/C16H22N2S/c1-2-19-16-5-3-4-15(16)18-11-12-6-7-14-13(10-12)8-9-17-14/h6-10,15-18H,2-5,11H2,1H3. The van der Waals surface area contributed by atoms with E-state index in [4.69, 9.17) is 0 Å². The van der Waals surface area contributed by atoms with Gasteiger partial charge < -0.3 is 10.3 Å². The number of nitrogens with one attached hydrogen (secondary N) is 2. The Morgan fingerprint density at radius 3 is 3.16 bits per heavy atom. The van der Waals surface area contributed by atoms with Crippen molar-refractivity contribution in [1.29, 1.82) is 0 Å². The zero-order valence-electron chi connectivity index (χ0n) is 11.5. The summed E-state index contributed by atoms with van der Waals surface area (Å²) in [6.45, 7) is 3.26. The van der Waals surface area contributed by atoms with Crippen molar-refractivity contribution in [3.63, 3.8) is 0 Å². The van der Waals surface area contributed by atoms with Gasteiger partial charge in [0.2, 0.25) is 0 Å². The summed E-state index contributed by atoms with van der Waals surface area (Å²) in [4.78, 5) is 3.24. The van der Waals surface area contributed by atoms with Gasteiger partial charge in [0.1, 0.15) is 0 Å². The number of benzene rings is 1. The van der Waals surface area contributed by atoms with Gasteiger partial charge in [-0.2, -0.15) is 11.8 Å². The molecule has 0 amide bonds. The van der Waals surface area contributed by atoms with Crippen LogP contribution in [0.4, 0.5) is 0 Å². The summed E-state index contributed by atoms with van der Waals surface area (Å²) in [5, 5.41) is 5.89. The van der Waals surface area contributed by atoms with Crippen LogP contribution in [0.5, 0.6) is 0 Å². The first-order chi connectivity index (χ1) is 9.36. The van der Waals surface area contributed by atoms with Gasteiger partial charge in [0, 0.05) is 29.6 Å². The maximum atomic E-state index is 3.76. The lowest BCUT2D eigenvalue weighted by Crippen LogP contribution is -2.33. The summed E-state index contributed by atoms with van der Waals surface area (Å²) < 4.78 is 0. The van der Waals surface area contributed by atoms with Gasteiger partial charge in [0.25, 0.3) is 0 Å². The lowest BCUT2D eigenvalue weighted by molar-refractivity contribution is 0.532. The molecular formula is C16H22N2S. The van der Waals surface area contributed by atoms with E-state index in [-0.39, 0.29) is 0 Å². The van der Waals surface area contributed by atoms with E-state index < -0.39 is 0 Å². The molecule has 1 aromatic carbocycles. The first-order valence-corrected chi connectivity index (χ1v) is 8.32. The number of hydrogen-bond acceptors (Lipinski definition) is 2. The van der Waals surface area contributed by atoms with Crippen LogP contribution >= 0.6 is 11.8 Å². The molecule has 2 atom stereocenters. The van der Waals surface area contributed by atoms with E-state index in [1.165, 1.54) is 41.5 Å².